The molecule has 2 rings (SSSR count). The fraction of sp³-hybridized carbons (Fsp3) is 0.923. The van der Waals surface area contributed by atoms with Crippen molar-refractivity contribution in [2.45, 2.75) is 61.4 Å². The van der Waals surface area contributed by atoms with Gasteiger partial charge in [0.15, 0.2) is 12.6 Å². The summed E-state index contributed by atoms with van der Waals surface area (Å²) in [6.45, 7) is 1.78. The van der Waals surface area contributed by atoms with E-state index in [4.69, 9.17) is 58.2 Å². The van der Waals surface area contributed by atoms with Gasteiger partial charge in [0.05, 0.1) is 39.6 Å². The lowest BCUT2D eigenvalue weighted by atomic mass is 9.99. The lowest BCUT2D eigenvalue weighted by Crippen LogP contribution is -2.59. The van der Waals surface area contributed by atoms with Crippen molar-refractivity contribution >= 4 is 11.9 Å². The average molecular weight is 663 g/mol. The van der Waals surface area contributed by atoms with Gasteiger partial charge in [0.1, 0.15) is 62.0 Å². The van der Waals surface area contributed by atoms with Crippen LogP contribution in [0, 0.1) is 0 Å². The summed E-state index contributed by atoms with van der Waals surface area (Å²) in [4.78, 5) is 22.0. The molecule has 19 nitrogen and oxygen atoms in total. The zero-order valence-electron chi connectivity index (χ0n) is 26.1. The summed E-state index contributed by atoms with van der Waals surface area (Å²) >= 11 is 0. The molecule has 10 atom stereocenters. The zero-order valence-corrected chi connectivity index (χ0v) is 26.1. The molecule has 10 unspecified atom stereocenters. The van der Waals surface area contributed by atoms with Crippen LogP contribution in [0.3, 0.4) is 0 Å². The van der Waals surface area contributed by atoms with Gasteiger partial charge in [-0.1, -0.05) is 0 Å². The molecule has 0 aromatic rings. The lowest BCUT2D eigenvalue weighted by Gasteiger charge is -2.41. The van der Waals surface area contributed by atoms with Gasteiger partial charge < -0.3 is 84.0 Å². The molecule has 0 aromatic carbocycles. The fourth-order valence-electron chi connectivity index (χ4n) is 4.30. The molecule has 0 aromatic heterocycles. The first kappa shape index (κ1) is 41.4. The Bertz CT molecular complexity index is 799. The molecule has 45 heavy (non-hydrogen) atoms. The number of aliphatic carboxylic acids is 1. The molecule has 2 fully saturated rings. The van der Waals surface area contributed by atoms with Gasteiger partial charge in [-0.15, -0.1) is 0 Å². The van der Waals surface area contributed by atoms with E-state index >= 15 is 0 Å². The van der Waals surface area contributed by atoms with Crippen LogP contribution in [-0.2, 0) is 57.0 Å². The quantitative estimate of drug-likeness (QED) is 0.0605. The van der Waals surface area contributed by atoms with Gasteiger partial charge in [0, 0.05) is 41.5 Å². The average Bonchev–Trinajstić information content (AvgIpc) is 3.02. The van der Waals surface area contributed by atoms with Crippen molar-refractivity contribution in [3.63, 3.8) is 0 Å². The minimum atomic E-state index is -1.24. The number of carboxylic acids is 1. The Morgan fingerprint density at radius 1 is 0.667 bits per heavy atom. The molecule has 0 saturated carbocycles. The van der Waals surface area contributed by atoms with E-state index in [0.29, 0.717) is 39.5 Å². The molecule has 2 heterocycles. The van der Waals surface area contributed by atoms with Gasteiger partial charge in [-0.25, -0.2) is 4.79 Å². The Kier molecular flexibility index (Phi) is 21.7. The largest absolute Gasteiger partial charge is 0.480 e. The van der Waals surface area contributed by atoms with Gasteiger partial charge in [-0.3, -0.25) is 4.79 Å². The Morgan fingerprint density at radius 3 is 1.56 bits per heavy atom. The molecule has 2 aliphatic rings. The van der Waals surface area contributed by atoms with Crippen LogP contribution in [-0.4, -0.2) is 193 Å². The van der Waals surface area contributed by atoms with Gasteiger partial charge in [-0.05, 0) is 0 Å². The van der Waals surface area contributed by atoms with E-state index in [0.717, 1.165) is 0 Å². The third-order valence-electron chi connectivity index (χ3n) is 6.52. The summed E-state index contributed by atoms with van der Waals surface area (Å²) in [6.07, 6.45) is -9.92. The van der Waals surface area contributed by atoms with E-state index in [1.807, 2.05) is 0 Å². The monoisotopic (exact) mass is 662 g/mol. The van der Waals surface area contributed by atoms with Crippen molar-refractivity contribution < 1.29 is 82.5 Å². The number of rotatable bonds is 20. The van der Waals surface area contributed by atoms with Crippen LogP contribution in [0.1, 0.15) is 0 Å². The van der Waals surface area contributed by atoms with Crippen molar-refractivity contribution in [3.05, 3.63) is 0 Å². The first-order valence-electron chi connectivity index (χ1n) is 14.2. The van der Waals surface area contributed by atoms with Crippen molar-refractivity contribution in [1.29, 1.82) is 0 Å². The normalized spacial score (nSPS) is 31.6. The van der Waals surface area contributed by atoms with Gasteiger partial charge in [-0.2, -0.15) is 0 Å². The highest BCUT2D eigenvalue weighted by molar-refractivity contribution is 5.77. The Morgan fingerprint density at radius 2 is 1.13 bits per heavy atom. The van der Waals surface area contributed by atoms with Crippen molar-refractivity contribution in [3.8, 4) is 0 Å². The number of carbonyl (C=O) groups is 2. The van der Waals surface area contributed by atoms with Crippen LogP contribution >= 0.6 is 0 Å². The molecule has 0 aliphatic carbocycles. The third-order valence-corrected chi connectivity index (χ3v) is 6.52. The van der Waals surface area contributed by atoms with E-state index in [1.165, 1.54) is 28.4 Å². The van der Waals surface area contributed by atoms with Crippen LogP contribution in [0.5, 0.6) is 0 Å². The number of methoxy groups -OCH3 is 4. The van der Waals surface area contributed by atoms with Crippen LogP contribution in [0.2, 0.25) is 0 Å². The molecule has 0 bridgehead atoms. The Balaban J connectivity index is 0.000000487. The summed E-state index contributed by atoms with van der Waals surface area (Å²) in [6, 6.07) is 0. The van der Waals surface area contributed by atoms with Crippen molar-refractivity contribution in [2.24, 2.45) is 5.73 Å². The number of carbonyl (C=O) groups excluding carboxylic acids is 1. The molecule has 266 valence electrons. The minimum Gasteiger partial charge on any atom is -0.480 e. The molecule has 2 aliphatic heterocycles. The maximum Gasteiger partial charge on any atom is 0.329 e. The number of nitrogens with two attached hydrogens (primary N) is 1. The molecule has 8 N–H and O–H groups in total. The second kappa shape index (κ2) is 23.6. The number of ether oxygens (including phenoxy) is 10. The number of nitrogens with one attached hydrogen (secondary N) is 1. The highest BCUT2D eigenvalue weighted by atomic mass is 16.7. The van der Waals surface area contributed by atoms with Crippen LogP contribution in [0.25, 0.3) is 0 Å². The number of hydrogen-bond acceptors (Lipinski definition) is 17. The Hall–Kier alpha value is -1.66. The van der Waals surface area contributed by atoms with Gasteiger partial charge >= 0.3 is 5.97 Å². The van der Waals surface area contributed by atoms with Gasteiger partial charge in [0.2, 0.25) is 5.91 Å². The highest BCUT2D eigenvalue weighted by Crippen LogP contribution is 2.25. The second-order valence-corrected chi connectivity index (χ2v) is 9.71. The molecule has 19 heteroatoms. The van der Waals surface area contributed by atoms with E-state index in [2.05, 4.69) is 5.32 Å². The van der Waals surface area contributed by atoms with Crippen LogP contribution in [0.4, 0.5) is 0 Å². The van der Waals surface area contributed by atoms with Gasteiger partial charge in [0.25, 0.3) is 0 Å². The number of aliphatic hydroxyl groups excluding tert-OH is 4. The smallest absolute Gasteiger partial charge is 0.329 e. The van der Waals surface area contributed by atoms with E-state index in [9.17, 15) is 30.0 Å². The maximum atomic E-state index is 11.7. The van der Waals surface area contributed by atoms with E-state index in [1.54, 1.807) is 0 Å². The fourth-order valence-corrected chi connectivity index (χ4v) is 4.30. The molecular formula is C26H50N2O17. The van der Waals surface area contributed by atoms with Crippen LogP contribution in [0.15, 0.2) is 0 Å². The highest BCUT2D eigenvalue weighted by Gasteiger charge is 2.46. The predicted molar refractivity (Wildman–Crippen MR) is 150 cm³/mol. The molecule has 1 amide bonds. The first-order valence-corrected chi connectivity index (χ1v) is 14.2. The van der Waals surface area contributed by atoms with Crippen molar-refractivity contribution in [2.75, 3.05) is 94.4 Å². The minimum absolute atomic E-state index is 0.00938. The van der Waals surface area contributed by atoms with Crippen LogP contribution < -0.4 is 11.1 Å². The summed E-state index contributed by atoms with van der Waals surface area (Å²) in [5, 5.41) is 50.5. The second-order valence-electron chi connectivity index (χ2n) is 9.71. The van der Waals surface area contributed by atoms with E-state index < -0.39 is 74.0 Å². The standard InChI is InChI=1S/C16H32N2O9.C10H18O8/c1-22-15-11(27-16(23-2)14(21)13(15)20)9-26-10-12(19)18-4-6-25-8-7-24-5-3-17;1-15-9-5(3-17-4-6(11)12)18-10(16-2)8(14)7(9)13/h11,13-16,20-21H,3-10,17H2,1-2H3,(H,18,19);5,7-10,13-14H,3-4H2,1-2H3,(H,11,12). The number of aliphatic hydroxyl groups is 4. The topological polar surface area (TPSA) is 266 Å². The third kappa shape index (κ3) is 14.8. The molecule has 0 spiro atoms. The molecular weight excluding hydrogens is 612 g/mol. The summed E-state index contributed by atoms with van der Waals surface area (Å²) in [5.41, 5.74) is 5.28. The summed E-state index contributed by atoms with van der Waals surface area (Å²) in [5.74, 6) is -1.42. The summed E-state index contributed by atoms with van der Waals surface area (Å²) in [7, 11) is 5.41. The summed E-state index contributed by atoms with van der Waals surface area (Å²) < 4.78 is 51.5. The number of amides is 1. The maximum absolute atomic E-state index is 11.7. The van der Waals surface area contributed by atoms with Crippen molar-refractivity contribution in [1.82, 2.24) is 5.32 Å². The number of carboxylic acid groups (broad SMARTS) is 1. The Labute approximate surface area is 261 Å². The lowest BCUT2D eigenvalue weighted by molar-refractivity contribution is -0.299. The molecule has 2 saturated heterocycles. The first-order chi connectivity index (χ1) is 21.6. The molecule has 0 radical (unpaired) electrons. The zero-order chi connectivity index (χ0) is 33.8. The number of hydrogen-bond donors (Lipinski definition) is 7. The van der Waals surface area contributed by atoms with E-state index in [-0.39, 0.29) is 25.7 Å². The predicted octanol–water partition coefficient (Wildman–Crippen LogP) is -4.59. The SMILES string of the molecule is COC1OC(COCC(=O)NCCOCCOCCN)C(OC)C(O)C1O.COC1OC(COCC(=O)O)C(OC)C(O)C1O.